The van der Waals surface area contributed by atoms with Crippen LogP contribution >= 0.6 is 23.2 Å². The molecule has 1 aliphatic heterocycles. The van der Waals surface area contributed by atoms with Crippen LogP contribution < -0.4 is 19.5 Å². The second-order valence-electron chi connectivity index (χ2n) is 5.24. The number of benzene rings is 2. The van der Waals surface area contributed by atoms with E-state index in [9.17, 15) is 4.79 Å². The SMILES string of the molecule is C[C@@H](NC(=O)COc1c(Cl)cccc1Cl)c1ccc2c(c1)OCO2. The molecule has 126 valence electrons. The molecule has 2 aromatic rings. The Kier molecular flexibility index (Phi) is 5.02. The van der Waals surface area contributed by atoms with Gasteiger partial charge in [0.05, 0.1) is 16.1 Å². The van der Waals surface area contributed by atoms with Gasteiger partial charge in [0.2, 0.25) is 6.79 Å². The molecule has 0 unspecified atom stereocenters. The number of hydrogen-bond acceptors (Lipinski definition) is 4. The minimum absolute atomic E-state index is 0.182. The molecule has 7 heteroatoms. The first-order valence-corrected chi connectivity index (χ1v) is 8.06. The third-order valence-electron chi connectivity index (χ3n) is 3.54. The number of para-hydroxylation sites is 1. The molecule has 0 aromatic heterocycles. The molecule has 0 aliphatic carbocycles. The lowest BCUT2D eigenvalue weighted by Gasteiger charge is -2.16. The van der Waals surface area contributed by atoms with Gasteiger partial charge in [0.25, 0.3) is 5.91 Å². The maximum atomic E-state index is 12.1. The Morgan fingerprint density at radius 1 is 1.21 bits per heavy atom. The Balaban J connectivity index is 1.58. The van der Waals surface area contributed by atoms with Crippen molar-refractivity contribution in [2.45, 2.75) is 13.0 Å². The predicted molar refractivity (Wildman–Crippen MR) is 91.1 cm³/mol. The van der Waals surface area contributed by atoms with Crippen molar-refractivity contribution < 1.29 is 19.0 Å². The van der Waals surface area contributed by atoms with E-state index in [-0.39, 0.29) is 25.3 Å². The Hall–Kier alpha value is -2.11. The highest BCUT2D eigenvalue weighted by atomic mass is 35.5. The van der Waals surface area contributed by atoms with Gasteiger partial charge in [0.1, 0.15) is 0 Å². The highest BCUT2D eigenvalue weighted by Crippen LogP contribution is 2.34. The van der Waals surface area contributed by atoms with Crippen LogP contribution in [0.3, 0.4) is 0 Å². The Morgan fingerprint density at radius 2 is 1.92 bits per heavy atom. The van der Waals surface area contributed by atoms with Gasteiger partial charge in [-0.2, -0.15) is 0 Å². The first kappa shape index (κ1) is 16.7. The smallest absolute Gasteiger partial charge is 0.258 e. The minimum Gasteiger partial charge on any atom is -0.481 e. The van der Waals surface area contributed by atoms with Crippen LogP contribution in [0.4, 0.5) is 0 Å². The maximum Gasteiger partial charge on any atom is 0.258 e. The molecule has 0 radical (unpaired) electrons. The summed E-state index contributed by atoms with van der Waals surface area (Å²) in [5.74, 6) is 1.39. The van der Waals surface area contributed by atoms with Crippen molar-refractivity contribution >= 4 is 29.1 Å². The molecule has 0 saturated carbocycles. The highest BCUT2D eigenvalue weighted by Gasteiger charge is 2.17. The van der Waals surface area contributed by atoms with Gasteiger partial charge >= 0.3 is 0 Å². The molecule has 1 amide bonds. The third kappa shape index (κ3) is 3.68. The van der Waals surface area contributed by atoms with Crippen LogP contribution in [0.1, 0.15) is 18.5 Å². The summed E-state index contributed by atoms with van der Waals surface area (Å²) >= 11 is 12.0. The molecule has 1 heterocycles. The summed E-state index contributed by atoms with van der Waals surface area (Å²) in [5, 5.41) is 3.57. The van der Waals surface area contributed by atoms with Crippen molar-refractivity contribution in [2.75, 3.05) is 13.4 Å². The van der Waals surface area contributed by atoms with Crippen molar-refractivity contribution in [1.82, 2.24) is 5.32 Å². The monoisotopic (exact) mass is 367 g/mol. The summed E-state index contributed by atoms with van der Waals surface area (Å²) < 4.78 is 16.0. The first-order valence-electron chi connectivity index (χ1n) is 7.30. The average Bonchev–Trinajstić information content (AvgIpc) is 3.01. The standard InChI is InChI=1S/C17H15Cl2NO4/c1-10(11-5-6-14-15(7-11)24-9-23-14)20-16(21)8-22-17-12(18)3-2-4-13(17)19/h2-7,10H,8-9H2,1H3,(H,20,21)/t10-/m1/s1. The van der Waals surface area contributed by atoms with E-state index in [0.29, 0.717) is 27.3 Å². The molecule has 5 nitrogen and oxygen atoms in total. The van der Waals surface area contributed by atoms with E-state index >= 15 is 0 Å². The zero-order chi connectivity index (χ0) is 17.1. The molecule has 2 aromatic carbocycles. The number of carbonyl (C=O) groups excluding carboxylic acids is 1. The van der Waals surface area contributed by atoms with Crippen LogP contribution in [0.25, 0.3) is 0 Å². The lowest BCUT2D eigenvalue weighted by Crippen LogP contribution is -2.31. The molecule has 3 rings (SSSR count). The normalized spacial score (nSPS) is 13.5. The van der Waals surface area contributed by atoms with Gasteiger partial charge in [0.15, 0.2) is 23.9 Å². The molecular weight excluding hydrogens is 353 g/mol. The van der Waals surface area contributed by atoms with Crippen molar-refractivity contribution in [3.63, 3.8) is 0 Å². The molecule has 1 atom stereocenters. The minimum atomic E-state index is -0.281. The number of hydrogen-bond donors (Lipinski definition) is 1. The zero-order valence-electron chi connectivity index (χ0n) is 12.8. The average molecular weight is 368 g/mol. The third-order valence-corrected chi connectivity index (χ3v) is 4.14. The van der Waals surface area contributed by atoms with Crippen LogP contribution in [-0.4, -0.2) is 19.3 Å². The van der Waals surface area contributed by atoms with Crippen LogP contribution in [-0.2, 0) is 4.79 Å². The summed E-state index contributed by atoms with van der Waals surface area (Å²) in [6, 6.07) is 10.3. The predicted octanol–water partition coefficient (Wildman–Crippen LogP) is 3.98. The number of carbonyl (C=O) groups is 1. The van der Waals surface area contributed by atoms with Crippen molar-refractivity contribution in [3.05, 3.63) is 52.0 Å². The highest BCUT2D eigenvalue weighted by molar-refractivity contribution is 6.37. The molecule has 24 heavy (non-hydrogen) atoms. The van der Waals surface area contributed by atoms with Gasteiger partial charge in [-0.05, 0) is 36.8 Å². The molecular formula is C17H15Cl2NO4. The molecule has 0 saturated heterocycles. The van der Waals surface area contributed by atoms with E-state index in [1.807, 2.05) is 25.1 Å². The van der Waals surface area contributed by atoms with Crippen LogP contribution in [0.2, 0.25) is 10.0 Å². The summed E-state index contributed by atoms with van der Waals surface area (Å²) in [6.07, 6.45) is 0. The summed E-state index contributed by atoms with van der Waals surface area (Å²) in [7, 11) is 0. The summed E-state index contributed by atoms with van der Waals surface area (Å²) in [5.41, 5.74) is 0.906. The lowest BCUT2D eigenvalue weighted by atomic mass is 10.1. The molecule has 1 aliphatic rings. The van der Waals surface area contributed by atoms with Crippen molar-refractivity contribution in [1.29, 1.82) is 0 Å². The Morgan fingerprint density at radius 3 is 2.67 bits per heavy atom. The number of amides is 1. The van der Waals surface area contributed by atoms with Gasteiger partial charge in [0, 0.05) is 0 Å². The van der Waals surface area contributed by atoms with E-state index < -0.39 is 0 Å². The number of fused-ring (bicyclic) bond motifs is 1. The fourth-order valence-corrected chi connectivity index (χ4v) is 2.81. The summed E-state index contributed by atoms with van der Waals surface area (Å²) in [6.45, 7) is 1.90. The first-order chi connectivity index (χ1) is 11.5. The quantitative estimate of drug-likeness (QED) is 0.868. The van der Waals surface area contributed by atoms with E-state index in [0.717, 1.165) is 5.56 Å². The zero-order valence-corrected chi connectivity index (χ0v) is 14.4. The van der Waals surface area contributed by atoms with Gasteiger partial charge in [-0.15, -0.1) is 0 Å². The van der Waals surface area contributed by atoms with E-state index in [2.05, 4.69) is 5.32 Å². The van der Waals surface area contributed by atoms with Gasteiger partial charge in [-0.25, -0.2) is 0 Å². The van der Waals surface area contributed by atoms with Crippen LogP contribution in [0.5, 0.6) is 17.2 Å². The van der Waals surface area contributed by atoms with E-state index in [4.69, 9.17) is 37.4 Å². The Labute approximate surface area is 149 Å². The number of ether oxygens (including phenoxy) is 3. The molecule has 0 fully saturated rings. The number of nitrogens with one attached hydrogen (secondary N) is 1. The Bertz CT molecular complexity index is 746. The largest absolute Gasteiger partial charge is 0.481 e. The fraction of sp³-hybridized carbons (Fsp3) is 0.235. The molecule has 1 N–H and O–H groups in total. The summed E-state index contributed by atoms with van der Waals surface area (Å²) in [4.78, 5) is 12.1. The lowest BCUT2D eigenvalue weighted by molar-refractivity contribution is -0.123. The maximum absolute atomic E-state index is 12.1. The topological polar surface area (TPSA) is 56.8 Å². The van der Waals surface area contributed by atoms with Crippen molar-refractivity contribution in [2.24, 2.45) is 0 Å². The number of halogens is 2. The second kappa shape index (κ2) is 7.20. The van der Waals surface area contributed by atoms with E-state index in [1.165, 1.54) is 0 Å². The van der Waals surface area contributed by atoms with Crippen molar-refractivity contribution in [3.8, 4) is 17.2 Å². The second-order valence-corrected chi connectivity index (χ2v) is 6.06. The fourth-order valence-electron chi connectivity index (χ4n) is 2.31. The number of rotatable bonds is 5. The molecule has 0 bridgehead atoms. The van der Waals surface area contributed by atoms with Crippen LogP contribution in [0, 0.1) is 0 Å². The van der Waals surface area contributed by atoms with Gasteiger partial charge in [-0.1, -0.05) is 35.3 Å². The van der Waals surface area contributed by atoms with Crippen LogP contribution in [0.15, 0.2) is 36.4 Å². The van der Waals surface area contributed by atoms with Gasteiger partial charge in [-0.3, -0.25) is 4.79 Å². The molecule has 0 spiro atoms. The van der Waals surface area contributed by atoms with Gasteiger partial charge < -0.3 is 19.5 Å². The van der Waals surface area contributed by atoms with E-state index in [1.54, 1.807) is 18.2 Å².